The van der Waals surface area contributed by atoms with Gasteiger partial charge in [-0.15, -0.1) is 0 Å². The van der Waals surface area contributed by atoms with Crippen LogP contribution in [0.15, 0.2) is 0 Å². The number of carbonyl (C=O) groups is 2. The number of rotatable bonds is 6. The third-order valence-corrected chi connectivity index (χ3v) is 3.88. The lowest BCUT2D eigenvalue weighted by Gasteiger charge is -2.33. The normalized spacial score (nSPS) is 19.7. The fourth-order valence-corrected chi connectivity index (χ4v) is 2.77. The quantitative estimate of drug-likeness (QED) is 0.768. The van der Waals surface area contributed by atoms with E-state index in [0.717, 1.165) is 25.7 Å². The first-order chi connectivity index (χ1) is 9.00. The molecule has 110 valence electrons. The Morgan fingerprint density at radius 1 is 1.21 bits per heavy atom. The van der Waals surface area contributed by atoms with Gasteiger partial charge in [0.2, 0.25) is 5.91 Å². The second kappa shape index (κ2) is 8.15. The van der Waals surface area contributed by atoms with Gasteiger partial charge in [-0.2, -0.15) is 0 Å². The zero-order valence-corrected chi connectivity index (χ0v) is 11.8. The van der Waals surface area contributed by atoms with Crippen molar-refractivity contribution in [2.24, 2.45) is 11.7 Å². The third-order valence-electron chi connectivity index (χ3n) is 3.88. The number of nitrogens with zero attached hydrogens (tertiary/aromatic N) is 1. The molecule has 0 aromatic heterocycles. The predicted molar refractivity (Wildman–Crippen MR) is 73.7 cm³/mol. The minimum Gasteiger partial charge on any atom is -0.481 e. The molecule has 19 heavy (non-hydrogen) atoms. The van der Waals surface area contributed by atoms with Crippen molar-refractivity contribution in [1.29, 1.82) is 0 Å². The van der Waals surface area contributed by atoms with Crippen LogP contribution in [0.25, 0.3) is 0 Å². The molecule has 0 saturated heterocycles. The first kappa shape index (κ1) is 16.0. The van der Waals surface area contributed by atoms with Crippen LogP contribution in [0, 0.1) is 5.92 Å². The summed E-state index contributed by atoms with van der Waals surface area (Å²) in [6.07, 6.45) is 8.14. The van der Waals surface area contributed by atoms with Crippen molar-refractivity contribution in [3.63, 3.8) is 0 Å². The number of nitrogens with two attached hydrogens (primary N) is 1. The summed E-state index contributed by atoms with van der Waals surface area (Å²) in [6.45, 7) is 2.25. The molecule has 0 aliphatic heterocycles. The van der Waals surface area contributed by atoms with Gasteiger partial charge in [0, 0.05) is 12.6 Å². The lowest BCUT2D eigenvalue weighted by molar-refractivity contribution is -0.142. The van der Waals surface area contributed by atoms with Crippen LogP contribution >= 0.6 is 0 Å². The molecule has 0 aromatic carbocycles. The summed E-state index contributed by atoms with van der Waals surface area (Å²) in [5, 5.41) is 9.02. The third kappa shape index (κ3) is 6.05. The molecule has 0 heterocycles. The summed E-state index contributed by atoms with van der Waals surface area (Å²) in [4.78, 5) is 24.2. The summed E-state index contributed by atoms with van der Waals surface area (Å²) in [6, 6.07) is 0.301. The molecular weight excluding hydrogens is 244 g/mol. The predicted octanol–water partition coefficient (Wildman–Crippen LogP) is 1.61. The smallest absolute Gasteiger partial charge is 0.307 e. The molecule has 5 heteroatoms. The maximum absolute atomic E-state index is 11.2. The Balaban J connectivity index is 2.64. The lowest BCUT2D eigenvalue weighted by Crippen LogP contribution is -2.44. The summed E-state index contributed by atoms with van der Waals surface area (Å²) < 4.78 is 0. The highest BCUT2D eigenvalue weighted by molar-refractivity contribution is 5.76. The molecule has 0 spiro atoms. The molecule has 1 aliphatic rings. The average Bonchev–Trinajstić information content (AvgIpc) is 2.26. The highest BCUT2D eigenvalue weighted by Crippen LogP contribution is 2.22. The van der Waals surface area contributed by atoms with Crippen molar-refractivity contribution in [2.45, 2.75) is 57.9 Å². The van der Waals surface area contributed by atoms with Gasteiger partial charge < -0.3 is 10.8 Å². The largest absolute Gasteiger partial charge is 0.481 e. The fourth-order valence-electron chi connectivity index (χ4n) is 2.77. The van der Waals surface area contributed by atoms with Crippen LogP contribution < -0.4 is 5.73 Å². The molecule has 0 radical (unpaired) electrons. The van der Waals surface area contributed by atoms with Gasteiger partial charge in [-0.3, -0.25) is 14.5 Å². The molecule has 1 saturated carbocycles. The number of carboxylic acid groups (broad SMARTS) is 1. The van der Waals surface area contributed by atoms with Crippen LogP contribution in [0.3, 0.4) is 0 Å². The Labute approximate surface area is 115 Å². The Hall–Kier alpha value is -1.10. The molecule has 1 atom stereocenters. The van der Waals surface area contributed by atoms with Gasteiger partial charge in [0.1, 0.15) is 0 Å². The van der Waals surface area contributed by atoms with Crippen LogP contribution in [-0.2, 0) is 9.59 Å². The second-order valence-corrected chi connectivity index (χ2v) is 5.63. The van der Waals surface area contributed by atoms with Crippen molar-refractivity contribution in [2.75, 3.05) is 13.1 Å². The van der Waals surface area contributed by atoms with Crippen LogP contribution in [-0.4, -0.2) is 41.0 Å². The van der Waals surface area contributed by atoms with E-state index in [2.05, 4.69) is 0 Å². The zero-order chi connectivity index (χ0) is 14.3. The van der Waals surface area contributed by atoms with Crippen molar-refractivity contribution in [3.05, 3.63) is 0 Å². The first-order valence-electron chi connectivity index (χ1n) is 7.26. The lowest BCUT2D eigenvalue weighted by atomic mass is 9.95. The van der Waals surface area contributed by atoms with Crippen molar-refractivity contribution < 1.29 is 14.7 Å². The first-order valence-corrected chi connectivity index (χ1v) is 7.26. The highest BCUT2D eigenvalue weighted by atomic mass is 16.4. The standard InChI is InChI=1S/C14H26N2O3/c1-11(14(18)19)9-16(10-13(15)17)12-7-5-3-2-4-6-8-12/h11-12H,2-10H2,1H3,(H2,15,17)(H,18,19). The molecular formula is C14H26N2O3. The van der Waals surface area contributed by atoms with E-state index in [4.69, 9.17) is 10.8 Å². The van der Waals surface area contributed by atoms with Gasteiger partial charge >= 0.3 is 5.97 Å². The van der Waals surface area contributed by atoms with E-state index in [1.807, 2.05) is 4.90 Å². The fraction of sp³-hybridized carbons (Fsp3) is 0.857. The average molecular weight is 270 g/mol. The Kier molecular flexibility index (Phi) is 6.84. The van der Waals surface area contributed by atoms with Gasteiger partial charge in [-0.1, -0.05) is 39.0 Å². The number of amides is 1. The minimum absolute atomic E-state index is 0.169. The molecule has 3 N–H and O–H groups in total. The molecule has 0 bridgehead atoms. The van der Waals surface area contributed by atoms with Crippen LogP contribution in [0.1, 0.15) is 51.9 Å². The minimum atomic E-state index is -0.819. The topological polar surface area (TPSA) is 83.6 Å². The highest BCUT2D eigenvalue weighted by Gasteiger charge is 2.24. The second-order valence-electron chi connectivity index (χ2n) is 5.63. The summed E-state index contributed by atoms with van der Waals surface area (Å²) in [7, 11) is 0. The molecule has 5 nitrogen and oxygen atoms in total. The zero-order valence-electron chi connectivity index (χ0n) is 11.8. The van der Waals surface area contributed by atoms with Crippen molar-refractivity contribution in [3.8, 4) is 0 Å². The summed E-state index contributed by atoms with van der Waals surface area (Å²) in [5.74, 6) is -1.66. The van der Waals surface area contributed by atoms with Gasteiger partial charge in [0.15, 0.2) is 0 Å². The van der Waals surface area contributed by atoms with Crippen LogP contribution in [0.2, 0.25) is 0 Å². The van der Waals surface area contributed by atoms with Gasteiger partial charge in [-0.05, 0) is 12.8 Å². The number of aliphatic carboxylic acids is 1. The Morgan fingerprint density at radius 2 is 1.74 bits per heavy atom. The van der Waals surface area contributed by atoms with Gasteiger partial charge in [-0.25, -0.2) is 0 Å². The summed E-state index contributed by atoms with van der Waals surface area (Å²) in [5.41, 5.74) is 5.29. The van der Waals surface area contributed by atoms with Crippen molar-refractivity contribution in [1.82, 2.24) is 4.90 Å². The van der Waals surface area contributed by atoms with E-state index in [-0.39, 0.29) is 12.5 Å². The SMILES string of the molecule is CC(CN(CC(N)=O)C1CCCCCCC1)C(=O)O. The van der Waals surface area contributed by atoms with E-state index < -0.39 is 11.9 Å². The monoisotopic (exact) mass is 270 g/mol. The maximum Gasteiger partial charge on any atom is 0.307 e. The van der Waals surface area contributed by atoms with E-state index in [0.29, 0.717) is 12.6 Å². The maximum atomic E-state index is 11.2. The van der Waals surface area contributed by atoms with Crippen LogP contribution in [0.5, 0.6) is 0 Å². The Morgan fingerprint density at radius 3 is 2.21 bits per heavy atom. The molecule has 1 aliphatic carbocycles. The number of carbonyl (C=O) groups excluding carboxylic acids is 1. The molecule has 1 rings (SSSR count). The van der Waals surface area contributed by atoms with Crippen molar-refractivity contribution >= 4 is 11.9 Å². The number of primary amides is 1. The number of hydrogen-bond donors (Lipinski definition) is 2. The molecule has 1 fully saturated rings. The number of hydrogen-bond acceptors (Lipinski definition) is 3. The van der Waals surface area contributed by atoms with E-state index in [1.165, 1.54) is 19.3 Å². The van der Waals surface area contributed by atoms with Crippen LogP contribution in [0.4, 0.5) is 0 Å². The molecule has 1 amide bonds. The number of carboxylic acids is 1. The van der Waals surface area contributed by atoms with E-state index in [9.17, 15) is 9.59 Å². The summed E-state index contributed by atoms with van der Waals surface area (Å²) >= 11 is 0. The van der Waals surface area contributed by atoms with E-state index in [1.54, 1.807) is 6.92 Å². The Bertz CT molecular complexity index is 299. The van der Waals surface area contributed by atoms with Gasteiger partial charge in [0.05, 0.1) is 12.5 Å². The molecule has 1 unspecified atom stereocenters. The van der Waals surface area contributed by atoms with E-state index >= 15 is 0 Å². The molecule has 0 aromatic rings. The van der Waals surface area contributed by atoms with Gasteiger partial charge in [0.25, 0.3) is 0 Å².